The number of unbranched alkanes of at least 4 members (excludes halogenated alkanes) is 2. The summed E-state index contributed by atoms with van der Waals surface area (Å²) in [4.78, 5) is 23.3. The first-order valence-corrected chi connectivity index (χ1v) is 16.5. The van der Waals surface area contributed by atoms with E-state index >= 15 is 0 Å². The molecule has 3 aromatic carbocycles. The normalized spacial score (nSPS) is 17.8. The van der Waals surface area contributed by atoms with E-state index in [9.17, 15) is 14.7 Å². The molecule has 11 nitrogen and oxygen atoms in total. The summed E-state index contributed by atoms with van der Waals surface area (Å²) < 4.78 is 14.7. The highest BCUT2D eigenvalue weighted by atomic mass is 32.2. The maximum absolute atomic E-state index is 12.3. The Bertz CT molecular complexity index is 1530. The predicted octanol–water partition coefficient (Wildman–Crippen LogP) is 4.81. The summed E-state index contributed by atoms with van der Waals surface area (Å²) in [6.45, 7) is 2.57. The van der Waals surface area contributed by atoms with Crippen LogP contribution in [-0.4, -0.2) is 55.5 Å². The average molecular weight is 645 g/mol. The number of nitrogens with one attached hydrogen (secondary N) is 2. The summed E-state index contributed by atoms with van der Waals surface area (Å²) in [7, 11) is 0. The molecule has 0 unspecified atom stereocenters. The molecule has 0 spiro atoms. The van der Waals surface area contributed by atoms with Crippen LogP contribution in [0.2, 0.25) is 0 Å². The summed E-state index contributed by atoms with van der Waals surface area (Å²) in [6, 6.07) is 25.5. The van der Waals surface area contributed by atoms with Crippen molar-refractivity contribution >= 4 is 23.6 Å². The zero-order valence-corrected chi connectivity index (χ0v) is 26.7. The number of aliphatic hydroxyl groups is 1. The third kappa shape index (κ3) is 9.70. The first kappa shape index (κ1) is 33.3. The summed E-state index contributed by atoms with van der Waals surface area (Å²) >= 11 is 1.53. The lowest BCUT2D eigenvalue weighted by molar-refractivity contribution is -0.245. The topological polar surface area (TPSA) is 140 Å². The Morgan fingerprint density at radius 2 is 1.65 bits per heavy atom. The van der Waals surface area contributed by atoms with Gasteiger partial charge in [-0.25, -0.2) is 0 Å². The van der Waals surface area contributed by atoms with E-state index in [1.165, 1.54) is 18.7 Å². The molecular formula is C34H40N6O5S. The van der Waals surface area contributed by atoms with Crippen molar-refractivity contribution in [3.8, 4) is 5.69 Å². The molecule has 2 amide bonds. The molecule has 1 saturated heterocycles. The van der Waals surface area contributed by atoms with Gasteiger partial charge < -0.3 is 25.2 Å². The van der Waals surface area contributed by atoms with E-state index < -0.39 is 6.29 Å². The fraction of sp³-hybridized carbons (Fsp3) is 0.382. The summed E-state index contributed by atoms with van der Waals surface area (Å²) in [6.07, 6.45) is 2.69. The van der Waals surface area contributed by atoms with E-state index in [2.05, 4.69) is 26.2 Å². The lowest BCUT2D eigenvalue weighted by Crippen LogP contribution is -2.31. The molecule has 0 saturated carbocycles. The smallest absolute Gasteiger partial charge is 0.220 e. The van der Waals surface area contributed by atoms with Gasteiger partial charge in [-0.15, -0.1) is 5.10 Å². The monoisotopic (exact) mass is 644 g/mol. The minimum absolute atomic E-state index is 0.0104. The fourth-order valence-electron chi connectivity index (χ4n) is 5.12. The fourth-order valence-corrected chi connectivity index (χ4v) is 6.03. The molecule has 4 aromatic rings. The van der Waals surface area contributed by atoms with Gasteiger partial charge in [0.1, 0.15) is 0 Å². The van der Waals surface area contributed by atoms with Gasteiger partial charge in [0.25, 0.3) is 0 Å². The number of nitrogens with zero attached hydrogens (tertiary/aromatic N) is 4. The third-order valence-corrected chi connectivity index (χ3v) is 8.70. The average Bonchev–Trinajstić information content (AvgIpc) is 3.57. The van der Waals surface area contributed by atoms with Crippen molar-refractivity contribution in [3.05, 3.63) is 101 Å². The van der Waals surface area contributed by atoms with Crippen LogP contribution in [0.25, 0.3) is 5.69 Å². The summed E-state index contributed by atoms with van der Waals surface area (Å²) in [5.74, 6) is 0.600. The highest BCUT2D eigenvalue weighted by molar-refractivity contribution is 7.99. The maximum Gasteiger partial charge on any atom is 0.220 e. The van der Waals surface area contributed by atoms with Crippen molar-refractivity contribution in [2.75, 3.05) is 12.3 Å². The molecule has 46 heavy (non-hydrogen) atoms. The molecule has 3 N–H and O–H groups in total. The van der Waals surface area contributed by atoms with Crippen LogP contribution >= 0.6 is 11.8 Å². The van der Waals surface area contributed by atoms with Crippen LogP contribution in [0.4, 0.5) is 0 Å². The van der Waals surface area contributed by atoms with Gasteiger partial charge in [-0.05, 0) is 52.1 Å². The van der Waals surface area contributed by atoms with E-state index in [1.54, 1.807) is 4.68 Å². The minimum atomic E-state index is -0.590. The largest absolute Gasteiger partial charge is 0.392 e. The predicted molar refractivity (Wildman–Crippen MR) is 174 cm³/mol. The Morgan fingerprint density at radius 1 is 0.913 bits per heavy atom. The Hall–Kier alpha value is -4.10. The van der Waals surface area contributed by atoms with Gasteiger partial charge in [0.05, 0.1) is 24.5 Å². The second-order valence-electron chi connectivity index (χ2n) is 11.2. The minimum Gasteiger partial charge on any atom is -0.392 e. The quantitative estimate of drug-likeness (QED) is 0.123. The second-order valence-corrected chi connectivity index (χ2v) is 12.2. The summed E-state index contributed by atoms with van der Waals surface area (Å²) in [5, 5.41) is 28.2. The van der Waals surface area contributed by atoms with Crippen molar-refractivity contribution in [2.24, 2.45) is 0 Å². The number of amides is 2. The number of ether oxygens (including phenoxy) is 2. The van der Waals surface area contributed by atoms with Crippen LogP contribution in [0, 0.1) is 0 Å². The second kappa shape index (κ2) is 17.0. The number of thioether (sulfide) groups is 1. The standard InChI is InChI=1S/C34H40N6O5S/c1-24(42)35-19-7-3-6-10-32(43)36-21-25-11-17-28(18-12-25)33-44-30(20-31(45-33)27-15-13-26(22-41)14-16-27)23-46-34-37-38-39-40(34)29-8-4-2-5-9-29/h2,4-5,8-9,11-18,30-31,33,41H,3,6-7,10,19-23H2,1H3,(H,35,42)(H,36,43)/t30-,31+,33+/m0/s1. The maximum atomic E-state index is 12.3. The number of tetrazole rings is 1. The van der Waals surface area contributed by atoms with Gasteiger partial charge >= 0.3 is 0 Å². The van der Waals surface area contributed by atoms with E-state index in [0.717, 1.165) is 47.2 Å². The van der Waals surface area contributed by atoms with Gasteiger partial charge in [0.15, 0.2) is 6.29 Å². The number of carbonyl (C=O) groups excluding carboxylic acids is 2. The first-order valence-electron chi connectivity index (χ1n) is 15.6. The van der Waals surface area contributed by atoms with Crippen LogP contribution < -0.4 is 10.6 Å². The molecule has 0 bridgehead atoms. The van der Waals surface area contributed by atoms with Crippen molar-refractivity contribution < 1.29 is 24.2 Å². The molecular weight excluding hydrogens is 604 g/mol. The molecule has 1 aliphatic rings. The number of hydrogen-bond donors (Lipinski definition) is 3. The third-order valence-electron chi connectivity index (χ3n) is 7.65. The molecule has 242 valence electrons. The van der Waals surface area contributed by atoms with Crippen LogP contribution in [0.1, 0.15) is 73.7 Å². The Kier molecular flexibility index (Phi) is 12.3. The summed E-state index contributed by atoms with van der Waals surface area (Å²) in [5.41, 5.74) is 4.61. The van der Waals surface area contributed by atoms with Crippen LogP contribution in [0.3, 0.4) is 0 Å². The van der Waals surface area contributed by atoms with Gasteiger partial charge in [-0.2, -0.15) is 4.68 Å². The van der Waals surface area contributed by atoms with Gasteiger partial charge in [-0.3, -0.25) is 9.59 Å². The Balaban J connectivity index is 1.19. The SMILES string of the molecule is CC(=O)NCCCCCC(=O)NCc1ccc([C@@H]2O[C@H](CSc3nnnn3-c3ccccc3)C[C@H](c3ccc(CO)cc3)O2)cc1. The van der Waals surface area contributed by atoms with Crippen LogP contribution in [0.15, 0.2) is 84.0 Å². The van der Waals surface area contributed by atoms with Gasteiger partial charge in [0, 0.05) is 44.2 Å². The number of para-hydroxylation sites is 1. The molecule has 0 radical (unpaired) electrons. The van der Waals surface area contributed by atoms with Crippen molar-refractivity contribution in [2.45, 2.75) is 75.8 Å². The first-order chi connectivity index (χ1) is 22.5. The molecule has 1 aromatic heterocycles. The van der Waals surface area contributed by atoms with E-state index in [0.29, 0.717) is 36.8 Å². The number of aromatic nitrogens is 4. The highest BCUT2D eigenvalue weighted by Gasteiger charge is 2.32. The highest BCUT2D eigenvalue weighted by Crippen LogP contribution is 2.39. The lowest BCUT2D eigenvalue weighted by atomic mass is 10.0. The zero-order valence-electron chi connectivity index (χ0n) is 25.9. The Labute approximate surface area is 273 Å². The van der Waals surface area contributed by atoms with E-state index in [4.69, 9.17) is 9.47 Å². The molecule has 1 aliphatic heterocycles. The molecule has 0 aliphatic carbocycles. The molecule has 12 heteroatoms. The number of hydrogen-bond acceptors (Lipinski definition) is 9. The number of rotatable bonds is 15. The van der Waals surface area contributed by atoms with Crippen molar-refractivity contribution in [1.82, 2.24) is 30.8 Å². The van der Waals surface area contributed by atoms with Crippen molar-refractivity contribution in [1.29, 1.82) is 0 Å². The van der Waals surface area contributed by atoms with Crippen LogP contribution in [0.5, 0.6) is 0 Å². The molecule has 5 rings (SSSR count). The van der Waals surface area contributed by atoms with E-state index in [1.807, 2.05) is 78.9 Å². The van der Waals surface area contributed by atoms with E-state index in [-0.39, 0.29) is 30.6 Å². The number of aliphatic hydroxyl groups excluding tert-OH is 1. The molecule has 1 fully saturated rings. The lowest BCUT2D eigenvalue weighted by Gasteiger charge is -2.36. The number of benzene rings is 3. The van der Waals surface area contributed by atoms with Crippen LogP contribution in [-0.2, 0) is 32.2 Å². The zero-order chi connectivity index (χ0) is 32.1. The molecule has 3 atom stereocenters. The molecule has 2 heterocycles. The van der Waals surface area contributed by atoms with Gasteiger partial charge in [0.2, 0.25) is 17.0 Å². The van der Waals surface area contributed by atoms with Gasteiger partial charge in [-0.1, -0.05) is 84.9 Å². The number of carbonyl (C=O) groups is 2. The van der Waals surface area contributed by atoms with Crippen molar-refractivity contribution in [3.63, 3.8) is 0 Å². The Morgan fingerprint density at radius 3 is 2.39 bits per heavy atom.